The van der Waals surface area contributed by atoms with Crippen LogP contribution in [-0.4, -0.2) is 29.3 Å². The Bertz CT molecular complexity index is 1490. The Morgan fingerprint density at radius 1 is 0.806 bits per heavy atom. The van der Waals surface area contributed by atoms with E-state index in [4.69, 9.17) is 0 Å². The first-order chi connectivity index (χ1) is 17.5. The van der Waals surface area contributed by atoms with Crippen molar-refractivity contribution in [1.29, 1.82) is 0 Å². The number of benzene rings is 4. The lowest BCUT2D eigenvalue weighted by molar-refractivity contribution is -0.134. The predicted octanol–water partition coefficient (Wildman–Crippen LogP) is 5.07. The Hall–Kier alpha value is -4.45. The van der Waals surface area contributed by atoms with E-state index in [9.17, 15) is 14.4 Å². The topological polar surface area (TPSA) is 69.7 Å². The number of urea groups is 1. The van der Waals surface area contributed by atoms with Gasteiger partial charge in [-0.2, -0.15) is 0 Å². The lowest BCUT2D eigenvalue weighted by Crippen LogP contribution is -2.43. The number of carbonyl (C=O) groups is 3. The Labute approximate surface area is 209 Å². The molecule has 0 bridgehead atoms. The van der Waals surface area contributed by atoms with Crippen molar-refractivity contribution in [3.63, 3.8) is 0 Å². The van der Waals surface area contributed by atoms with E-state index in [0.717, 1.165) is 51.0 Å². The minimum Gasteiger partial charge on any atom is -0.319 e. The SMILES string of the molecule is CC1(c2cccc3ccccc23)NC(=O)N(CC(=O)N2c3ccccc3CCc3ccccc32)C1=O. The summed E-state index contributed by atoms with van der Waals surface area (Å²) in [5.74, 6) is -0.768. The van der Waals surface area contributed by atoms with E-state index in [1.54, 1.807) is 11.8 Å². The summed E-state index contributed by atoms with van der Waals surface area (Å²) in [6.07, 6.45) is 1.61. The molecule has 2 aliphatic heterocycles. The molecule has 1 fully saturated rings. The maximum Gasteiger partial charge on any atom is 0.325 e. The van der Waals surface area contributed by atoms with Crippen molar-refractivity contribution in [2.24, 2.45) is 0 Å². The fourth-order valence-electron chi connectivity index (χ4n) is 5.44. The Morgan fingerprint density at radius 2 is 1.39 bits per heavy atom. The third kappa shape index (κ3) is 3.37. The fourth-order valence-corrected chi connectivity index (χ4v) is 5.44. The molecule has 178 valence electrons. The number of carbonyl (C=O) groups excluding carboxylic acids is 3. The normalized spacial score (nSPS) is 19.0. The van der Waals surface area contributed by atoms with Gasteiger partial charge in [0.15, 0.2) is 0 Å². The quantitative estimate of drug-likeness (QED) is 0.421. The first-order valence-electron chi connectivity index (χ1n) is 12.1. The second-order valence-electron chi connectivity index (χ2n) is 9.46. The lowest BCUT2D eigenvalue weighted by Gasteiger charge is -2.27. The summed E-state index contributed by atoms with van der Waals surface area (Å²) < 4.78 is 0. The van der Waals surface area contributed by atoms with E-state index in [1.165, 1.54) is 0 Å². The lowest BCUT2D eigenvalue weighted by atomic mass is 9.88. The molecule has 4 aromatic rings. The molecule has 1 atom stereocenters. The Balaban J connectivity index is 1.37. The van der Waals surface area contributed by atoms with Gasteiger partial charge in [-0.15, -0.1) is 0 Å². The maximum absolute atomic E-state index is 13.8. The molecule has 6 heteroatoms. The van der Waals surface area contributed by atoms with Gasteiger partial charge in [-0.05, 0) is 59.4 Å². The molecule has 4 aromatic carbocycles. The second-order valence-corrected chi connectivity index (χ2v) is 9.46. The number of hydrogen-bond donors (Lipinski definition) is 1. The highest BCUT2D eigenvalue weighted by Crippen LogP contribution is 2.37. The number of imide groups is 1. The standard InChI is InChI=1S/C30H25N3O3/c1-30(24-14-8-12-20-9-2-5-13-23(20)24)28(35)32(29(36)31-30)19-27(34)33-25-15-6-3-10-21(25)17-18-22-11-4-7-16-26(22)33/h2-16H,17-19H2,1H3,(H,31,36). The minimum absolute atomic E-state index is 0.331. The molecule has 0 aromatic heterocycles. The summed E-state index contributed by atoms with van der Waals surface area (Å²) >= 11 is 0. The van der Waals surface area contributed by atoms with Gasteiger partial charge in [-0.1, -0.05) is 78.9 Å². The van der Waals surface area contributed by atoms with E-state index in [1.807, 2.05) is 91.0 Å². The molecule has 2 aliphatic rings. The number of fused-ring (bicyclic) bond motifs is 3. The van der Waals surface area contributed by atoms with Crippen LogP contribution in [0.5, 0.6) is 0 Å². The smallest absolute Gasteiger partial charge is 0.319 e. The van der Waals surface area contributed by atoms with Gasteiger partial charge in [-0.25, -0.2) is 4.79 Å². The number of hydrogen-bond acceptors (Lipinski definition) is 3. The number of anilines is 2. The molecular formula is C30H25N3O3. The van der Waals surface area contributed by atoms with Gasteiger partial charge in [0.05, 0.1) is 11.4 Å². The summed E-state index contributed by atoms with van der Waals surface area (Å²) in [4.78, 5) is 43.4. The van der Waals surface area contributed by atoms with Gasteiger partial charge in [-0.3, -0.25) is 19.4 Å². The van der Waals surface area contributed by atoms with E-state index in [2.05, 4.69) is 5.32 Å². The molecule has 1 N–H and O–H groups in total. The molecule has 36 heavy (non-hydrogen) atoms. The van der Waals surface area contributed by atoms with Crippen molar-refractivity contribution in [3.8, 4) is 0 Å². The first kappa shape index (κ1) is 22.0. The minimum atomic E-state index is -1.27. The average Bonchev–Trinajstić information content (AvgIpc) is 3.03. The molecule has 0 spiro atoms. The van der Waals surface area contributed by atoms with Crippen LogP contribution in [0.1, 0.15) is 23.6 Å². The van der Waals surface area contributed by atoms with E-state index < -0.39 is 17.5 Å². The summed E-state index contributed by atoms with van der Waals surface area (Å²) in [5.41, 5.74) is 3.12. The largest absolute Gasteiger partial charge is 0.325 e. The zero-order valence-electron chi connectivity index (χ0n) is 19.9. The van der Waals surface area contributed by atoms with Crippen LogP contribution in [0, 0.1) is 0 Å². The van der Waals surface area contributed by atoms with E-state index >= 15 is 0 Å². The fraction of sp³-hybridized carbons (Fsp3) is 0.167. The number of nitrogens with zero attached hydrogens (tertiary/aromatic N) is 2. The first-order valence-corrected chi connectivity index (χ1v) is 12.1. The van der Waals surface area contributed by atoms with Gasteiger partial charge in [0.25, 0.3) is 11.8 Å². The summed E-state index contributed by atoms with van der Waals surface area (Å²) in [6, 6.07) is 28.5. The summed E-state index contributed by atoms with van der Waals surface area (Å²) in [7, 11) is 0. The van der Waals surface area contributed by atoms with Crippen LogP contribution in [0.15, 0.2) is 91.0 Å². The maximum atomic E-state index is 13.8. The molecule has 6 rings (SSSR count). The van der Waals surface area contributed by atoms with Gasteiger partial charge < -0.3 is 5.32 Å². The molecule has 6 nitrogen and oxygen atoms in total. The van der Waals surface area contributed by atoms with Crippen molar-refractivity contribution in [2.75, 3.05) is 11.4 Å². The Kier molecular flexibility index (Phi) is 5.11. The molecule has 0 radical (unpaired) electrons. The zero-order chi connectivity index (χ0) is 24.9. The predicted molar refractivity (Wildman–Crippen MR) is 139 cm³/mol. The number of nitrogens with one attached hydrogen (secondary N) is 1. The van der Waals surface area contributed by atoms with E-state index in [-0.39, 0.29) is 12.5 Å². The van der Waals surface area contributed by atoms with Crippen LogP contribution in [-0.2, 0) is 28.0 Å². The van der Waals surface area contributed by atoms with Crippen molar-refractivity contribution < 1.29 is 14.4 Å². The molecule has 2 heterocycles. The molecule has 1 unspecified atom stereocenters. The molecular weight excluding hydrogens is 450 g/mol. The van der Waals surface area contributed by atoms with Crippen LogP contribution >= 0.6 is 0 Å². The van der Waals surface area contributed by atoms with Crippen LogP contribution < -0.4 is 10.2 Å². The van der Waals surface area contributed by atoms with Crippen molar-refractivity contribution in [1.82, 2.24) is 10.2 Å². The van der Waals surface area contributed by atoms with Crippen LogP contribution in [0.25, 0.3) is 10.8 Å². The number of para-hydroxylation sites is 2. The van der Waals surface area contributed by atoms with Crippen molar-refractivity contribution in [3.05, 3.63) is 108 Å². The zero-order valence-corrected chi connectivity index (χ0v) is 19.9. The van der Waals surface area contributed by atoms with Crippen LogP contribution in [0.3, 0.4) is 0 Å². The van der Waals surface area contributed by atoms with Crippen molar-refractivity contribution >= 4 is 40.0 Å². The van der Waals surface area contributed by atoms with Gasteiger partial charge in [0, 0.05) is 0 Å². The third-order valence-corrected chi connectivity index (χ3v) is 7.27. The van der Waals surface area contributed by atoms with Crippen LogP contribution in [0.4, 0.5) is 16.2 Å². The summed E-state index contributed by atoms with van der Waals surface area (Å²) in [5, 5.41) is 4.73. The summed E-state index contributed by atoms with van der Waals surface area (Å²) in [6.45, 7) is 1.35. The average molecular weight is 476 g/mol. The monoisotopic (exact) mass is 475 g/mol. The van der Waals surface area contributed by atoms with Crippen LogP contribution in [0.2, 0.25) is 0 Å². The van der Waals surface area contributed by atoms with Gasteiger partial charge in [0.1, 0.15) is 12.1 Å². The number of aryl methyl sites for hydroxylation is 2. The second kappa shape index (κ2) is 8.34. The highest BCUT2D eigenvalue weighted by atomic mass is 16.2. The molecule has 1 saturated heterocycles. The highest BCUT2D eigenvalue weighted by Gasteiger charge is 2.50. The van der Waals surface area contributed by atoms with Crippen molar-refractivity contribution in [2.45, 2.75) is 25.3 Å². The third-order valence-electron chi connectivity index (χ3n) is 7.27. The van der Waals surface area contributed by atoms with Gasteiger partial charge in [0.2, 0.25) is 0 Å². The van der Waals surface area contributed by atoms with E-state index in [0.29, 0.717) is 5.56 Å². The van der Waals surface area contributed by atoms with Gasteiger partial charge >= 0.3 is 6.03 Å². The molecule has 0 saturated carbocycles. The molecule has 0 aliphatic carbocycles. The highest BCUT2D eigenvalue weighted by molar-refractivity contribution is 6.13. The Morgan fingerprint density at radius 3 is 2.08 bits per heavy atom. The molecule has 4 amide bonds. The number of rotatable bonds is 3. The number of amides is 4.